The van der Waals surface area contributed by atoms with Gasteiger partial charge in [0.1, 0.15) is 25.0 Å². The molecule has 7 nitrogen and oxygen atoms in total. The summed E-state index contributed by atoms with van der Waals surface area (Å²) in [6.45, 7) is -0.115. The van der Waals surface area contributed by atoms with E-state index in [9.17, 15) is 14.0 Å². The highest BCUT2D eigenvalue weighted by Gasteiger charge is 2.13. The predicted octanol–water partition coefficient (Wildman–Crippen LogP) is 0.754. The smallest absolute Gasteiger partial charge is 0.337 e. The van der Waals surface area contributed by atoms with E-state index in [2.05, 4.69) is 15.4 Å². The summed E-state index contributed by atoms with van der Waals surface area (Å²) < 4.78 is 14.2. The van der Waals surface area contributed by atoms with Crippen molar-refractivity contribution >= 4 is 17.6 Å². The molecule has 0 fully saturated rings. The van der Waals surface area contributed by atoms with E-state index in [0.29, 0.717) is 0 Å². The number of anilines is 1. The van der Waals surface area contributed by atoms with Crippen LogP contribution in [-0.2, 0) is 11.3 Å². The summed E-state index contributed by atoms with van der Waals surface area (Å²) in [5.74, 6) is -2.50. The second-order valence-electron chi connectivity index (χ2n) is 3.64. The SMILES string of the molecule is O=C(Cn1cncn1)Nc1ccc(F)cc1C(=O)O. The maximum atomic E-state index is 13.0. The van der Waals surface area contributed by atoms with Crippen LogP contribution in [-0.4, -0.2) is 31.7 Å². The number of carboxylic acids is 1. The Balaban J connectivity index is 2.14. The molecule has 1 aromatic heterocycles. The van der Waals surface area contributed by atoms with Crippen molar-refractivity contribution in [2.24, 2.45) is 0 Å². The summed E-state index contributed by atoms with van der Waals surface area (Å²) in [4.78, 5) is 26.2. The molecule has 1 amide bonds. The number of nitrogens with zero attached hydrogens (tertiary/aromatic N) is 3. The fraction of sp³-hybridized carbons (Fsp3) is 0.0909. The van der Waals surface area contributed by atoms with Crippen molar-refractivity contribution in [2.45, 2.75) is 6.54 Å². The zero-order valence-electron chi connectivity index (χ0n) is 9.58. The lowest BCUT2D eigenvalue weighted by Gasteiger charge is -2.08. The number of carboxylic acid groups (broad SMARTS) is 1. The Kier molecular flexibility index (Phi) is 3.51. The highest BCUT2D eigenvalue weighted by atomic mass is 19.1. The number of carbonyl (C=O) groups excluding carboxylic acids is 1. The van der Waals surface area contributed by atoms with Crippen molar-refractivity contribution < 1.29 is 19.1 Å². The summed E-state index contributed by atoms with van der Waals surface area (Å²) in [6.07, 6.45) is 2.62. The van der Waals surface area contributed by atoms with Gasteiger partial charge in [-0.05, 0) is 18.2 Å². The van der Waals surface area contributed by atoms with E-state index in [4.69, 9.17) is 5.11 Å². The molecule has 0 aliphatic heterocycles. The zero-order valence-corrected chi connectivity index (χ0v) is 9.58. The van der Waals surface area contributed by atoms with Crippen molar-refractivity contribution in [1.29, 1.82) is 0 Å². The van der Waals surface area contributed by atoms with Crippen molar-refractivity contribution in [3.05, 3.63) is 42.2 Å². The van der Waals surface area contributed by atoms with Crippen molar-refractivity contribution in [3.63, 3.8) is 0 Å². The van der Waals surface area contributed by atoms with Gasteiger partial charge >= 0.3 is 5.97 Å². The first kappa shape index (κ1) is 12.7. The van der Waals surface area contributed by atoms with Crippen LogP contribution in [0.5, 0.6) is 0 Å². The van der Waals surface area contributed by atoms with Crippen LogP contribution in [0.15, 0.2) is 30.9 Å². The van der Waals surface area contributed by atoms with Crippen molar-refractivity contribution in [1.82, 2.24) is 14.8 Å². The van der Waals surface area contributed by atoms with E-state index < -0.39 is 17.7 Å². The minimum absolute atomic E-state index is 0.0269. The van der Waals surface area contributed by atoms with Crippen LogP contribution >= 0.6 is 0 Å². The minimum atomic E-state index is -1.32. The first-order chi connectivity index (χ1) is 9.06. The number of aromatic nitrogens is 3. The first-order valence-electron chi connectivity index (χ1n) is 5.21. The lowest BCUT2D eigenvalue weighted by atomic mass is 10.1. The lowest BCUT2D eigenvalue weighted by molar-refractivity contribution is -0.116. The average Bonchev–Trinajstić information content (AvgIpc) is 2.83. The Hall–Kier alpha value is -2.77. The maximum absolute atomic E-state index is 13.0. The van der Waals surface area contributed by atoms with Gasteiger partial charge in [-0.25, -0.2) is 18.9 Å². The number of hydrogen-bond acceptors (Lipinski definition) is 4. The summed E-state index contributed by atoms with van der Waals surface area (Å²) >= 11 is 0. The molecule has 0 aliphatic carbocycles. The second-order valence-corrected chi connectivity index (χ2v) is 3.64. The molecule has 98 valence electrons. The molecule has 0 saturated heterocycles. The number of benzene rings is 1. The molecule has 0 saturated carbocycles. The normalized spacial score (nSPS) is 10.2. The fourth-order valence-corrected chi connectivity index (χ4v) is 1.45. The van der Waals surface area contributed by atoms with Crippen LogP contribution in [0.3, 0.4) is 0 Å². The third kappa shape index (κ3) is 3.12. The zero-order chi connectivity index (χ0) is 13.8. The van der Waals surface area contributed by atoms with Crippen LogP contribution in [0.1, 0.15) is 10.4 Å². The van der Waals surface area contributed by atoms with E-state index in [1.165, 1.54) is 23.4 Å². The molecule has 0 spiro atoms. The monoisotopic (exact) mass is 264 g/mol. The van der Waals surface area contributed by atoms with Gasteiger partial charge in [0, 0.05) is 0 Å². The van der Waals surface area contributed by atoms with Gasteiger partial charge in [-0.3, -0.25) is 4.79 Å². The van der Waals surface area contributed by atoms with Gasteiger partial charge in [0.15, 0.2) is 0 Å². The van der Waals surface area contributed by atoms with Crippen LogP contribution in [0.2, 0.25) is 0 Å². The van der Waals surface area contributed by atoms with Gasteiger partial charge in [-0.1, -0.05) is 0 Å². The van der Waals surface area contributed by atoms with Gasteiger partial charge in [-0.2, -0.15) is 5.10 Å². The molecular weight excluding hydrogens is 255 g/mol. The second kappa shape index (κ2) is 5.25. The van der Waals surface area contributed by atoms with Gasteiger partial charge in [0.2, 0.25) is 5.91 Å². The first-order valence-corrected chi connectivity index (χ1v) is 5.21. The number of hydrogen-bond donors (Lipinski definition) is 2. The van der Waals surface area contributed by atoms with E-state index in [1.807, 2.05) is 0 Å². The summed E-state index contributed by atoms with van der Waals surface area (Å²) in [5.41, 5.74) is -0.286. The molecule has 0 unspecified atom stereocenters. The standard InChI is InChI=1S/C11H9FN4O3/c12-7-1-2-9(8(3-7)11(18)19)15-10(17)4-16-6-13-5-14-16/h1-3,5-6H,4H2,(H,15,17)(H,18,19). The molecule has 1 aromatic carbocycles. The molecule has 0 atom stereocenters. The van der Waals surface area contributed by atoms with Crippen molar-refractivity contribution in [3.8, 4) is 0 Å². The molecule has 1 heterocycles. The van der Waals surface area contributed by atoms with Crippen molar-refractivity contribution in [2.75, 3.05) is 5.32 Å². The topological polar surface area (TPSA) is 97.1 Å². The molecule has 2 N–H and O–H groups in total. The van der Waals surface area contributed by atoms with Crippen LogP contribution in [0, 0.1) is 5.82 Å². The highest BCUT2D eigenvalue weighted by molar-refractivity contribution is 6.00. The van der Waals surface area contributed by atoms with E-state index in [1.54, 1.807) is 0 Å². The lowest BCUT2D eigenvalue weighted by Crippen LogP contribution is -2.20. The van der Waals surface area contributed by atoms with Crippen LogP contribution in [0.25, 0.3) is 0 Å². The Morgan fingerprint density at radius 2 is 2.21 bits per heavy atom. The molecule has 2 aromatic rings. The quantitative estimate of drug-likeness (QED) is 0.849. The molecule has 0 radical (unpaired) electrons. The van der Waals surface area contributed by atoms with E-state index in [0.717, 1.165) is 12.1 Å². The number of amides is 1. The molecule has 0 aliphatic rings. The van der Waals surface area contributed by atoms with E-state index >= 15 is 0 Å². The summed E-state index contributed by atoms with van der Waals surface area (Å²) in [6, 6.07) is 3.10. The molecule has 19 heavy (non-hydrogen) atoms. The number of aromatic carboxylic acids is 1. The predicted molar refractivity (Wildman–Crippen MR) is 62.0 cm³/mol. The number of carbonyl (C=O) groups is 2. The molecule has 0 bridgehead atoms. The number of nitrogens with one attached hydrogen (secondary N) is 1. The summed E-state index contributed by atoms with van der Waals surface area (Å²) in [7, 11) is 0. The average molecular weight is 264 g/mol. The Morgan fingerprint density at radius 1 is 1.42 bits per heavy atom. The van der Waals surface area contributed by atoms with Gasteiger partial charge in [-0.15, -0.1) is 0 Å². The Labute approximate surface area is 106 Å². The van der Waals surface area contributed by atoms with Crippen LogP contribution in [0.4, 0.5) is 10.1 Å². The Morgan fingerprint density at radius 3 is 2.84 bits per heavy atom. The fourth-order valence-electron chi connectivity index (χ4n) is 1.45. The third-order valence-electron chi connectivity index (χ3n) is 2.26. The van der Waals surface area contributed by atoms with Gasteiger partial charge < -0.3 is 10.4 Å². The Bertz CT molecular complexity index is 612. The number of halogens is 1. The summed E-state index contributed by atoms with van der Waals surface area (Å²) in [5, 5.41) is 15.0. The molecule has 8 heteroatoms. The minimum Gasteiger partial charge on any atom is -0.478 e. The maximum Gasteiger partial charge on any atom is 0.337 e. The third-order valence-corrected chi connectivity index (χ3v) is 2.26. The highest BCUT2D eigenvalue weighted by Crippen LogP contribution is 2.17. The molecule has 2 rings (SSSR count). The number of rotatable bonds is 4. The van der Waals surface area contributed by atoms with Gasteiger partial charge in [0.05, 0.1) is 11.3 Å². The van der Waals surface area contributed by atoms with Gasteiger partial charge in [0.25, 0.3) is 0 Å². The van der Waals surface area contributed by atoms with Crippen LogP contribution < -0.4 is 5.32 Å². The molecular formula is C11H9FN4O3. The van der Waals surface area contributed by atoms with E-state index in [-0.39, 0.29) is 17.8 Å². The largest absolute Gasteiger partial charge is 0.478 e.